The summed E-state index contributed by atoms with van der Waals surface area (Å²) in [5.41, 5.74) is 3.52. The molecule has 0 aromatic heterocycles. The second kappa shape index (κ2) is 7.19. The Morgan fingerprint density at radius 3 is 1.56 bits per heavy atom. The van der Waals surface area contributed by atoms with Crippen molar-refractivity contribution in [3.8, 4) is 12.4 Å². The molecule has 0 amide bonds. The molecule has 0 atom stereocenters. The Morgan fingerprint density at radius 2 is 1.28 bits per heavy atom. The number of hydrogen-bond acceptors (Lipinski definition) is 4. The molecule has 4 heteroatoms. The number of nitriles is 2. The highest BCUT2D eigenvalue weighted by Gasteiger charge is 2.18. The lowest BCUT2D eigenvalue weighted by Crippen LogP contribution is -2.15. The van der Waals surface area contributed by atoms with Gasteiger partial charge in [-0.05, 0) is 36.1 Å². The zero-order chi connectivity index (χ0) is 13.4. The van der Waals surface area contributed by atoms with E-state index in [2.05, 4.69) is 23.8 Å². The molecule has 0 aliphatic heterocycles. The Balaban J connectivity index is 3.32. The Labute approximate surface area is 108 Å². The normalized spacial score (nSPS) is 19.1. The average molecular weight is 240 g/mol. The Hall–Kier alpha value is -2.20. The lowest BCUT2D eigenvalue weighted by molar-refractivity contribution is 0.884. The summed E-state index contributed by atoms with van der Waals surface area (Å²) in [6, 6.07) is 0. The van der Waals surface area contributed by atoms with E-state index in [1.54, 1.807) is 12.2 Å². The molecule has 18 heavy (non-hydrogen) atoms. The highest BCUT2D eigenvalue weighted by atomic mass is 14.8. The molecule has 1 aliphatic carbocycles. The van der Waals surface area contributed by atoms with E-state index in [0.717, 1.165) is 36.8 Å². The van der Waals surface area contributed by atoms with E-state index < -0.39 is 0 Å². The monoisotopic (exact) mass is 240 g/mol. The standard InChI is InChI=1S/C14H16N4/c1-3-5-11-12(6-4-2)14(18-10-16)8-7-13(11)17-9-15/h7-8H,3-6H2,1-2H3. The van der Waals surface area contributed by atoms with Crippen LogP contribution in [0.15, 0.2) is 33.3 Å². The summed E-state index contributed by atoms with van der Waals surface area (Å²) >= 11 is 0. The minimum atomic E-state index is 0.708. The second-order valence-corrected chi connectivity index (χ2v) is 3.98. The summed E-state index contributed by atoms with van der Waals surface area (Å²) in [6.07, 6.45) is 10.9. The summed E-state index contributed by atoms with van der Waals surface area (Å²) in [7, 11) is 0. The molecule has 0 fully saturated rings. The van der Waals surface area contributed by atoms with Gasteiger partial charge < -0.3 is 0 Å². The van der Waals surface area contributed by atoms with Crippen LogP contribution >= 0.6 is 0 Å². The summed E-state index contributed by atoms with van der Waals surface area (Å²) in [5, 5.41) is 17.4. The fourth-order valence-corrected chi connectivity index (χ4v) is 2.04. The molecule has 0 radical (unpaired) electrons. The van der Waals surface area contributed by atoms with Crippen molar-refractivity contribution in [2.75, 3.05) is 0 Å². The third-order valence-corrected chi connectivity index (χ3v) is 2.72. The molecule has 1 rings (SSSR count). The number of hydrogen-bond donors (Lipinski definition) is 0. The van der Waals surface area contributed by atoms with Gasteiger partial charge in [0, 0.05) is 0 Å². The molecule has 0 heterocycles. The molecule has 92 valence electrons. The minimum absolute atomic E-state index is 0.708. The fraction of sp³-hybridized carbons (Fsp3) is 0.429. The van der Waals surface area contributed by atoms with Crippen molar-refractivity contribution in [3.63, 3.8) is 0 Å². The van der Waals surface area contributed by atoms with Crippen molar-refractivity contribution in [2.24, 2.45) is 9.98 Å². The molecule has 0 bridgehead atoms. The van der Waals surface area contributed by atoms with E-state index in [0.29, 0.717) is 11.4 Å². The van der Waals surface area contributed by atoms with E-state index in [4.69, 9.17) is 10.5 Å². The van der Waals surface area contributed by atoms with Gasteiger partial charge in [-0.3, -0.25) is 0 Å². The van der Waals surface area contributed by atoms with Crippen molar-refractivity contribution < 1.29 is 0 Å². The van der Waals surface area contributed by atoms with E-state index in [1.165, 1.54) is 0 Å². The van der Waals surface area contributed by atoms with Gasteiger partial charge in [0.25, 0.3) is 0 Å². The highest BCUT2D eigenvalue weighted by molar-refractivity contribution is 6.24. The first-order chi connectivity index (χ1) is 8.78. The summed E-state index contributed by atoms with van der Waals surface area (Å²) < 4.78 is 0. The van der Waals surface area contributed by atoms with E-state index in [9.17, 15) is 0 Å². The third-order valence-electron chi connectivity index (χ3n) is 2.72. The topological polar surface area (TPSA) is 72.3 Å². The van der Waals surface area contributed by atoms with Crippen LogP contribution in [-0.4, -0.2) is 11.4 Å². The van der Waals surface area contributed by atoms with Crippen molar-refractivity contribution in [3.05, 3.63) is 23.3 Å². The zero-order valence-electron chi connectivity index (χ0n) is 10.8. The van der Waals surface area contributed by atoms with Crippen LogP contribution in [-0.2, 0) is 0 Å². The number of nitrogens with zero attached hydrogens (tertiary/aromatic N) is 4. The SMILES string of the molecule is CCCC1=C(CCC)C(=NC#N)C=CC1=NC#N. The van der Waals surface area contributed by atoms with Gasteiger partial charge in [0.05, 0.1) is 11.4 Å². The Kier molecular flexibility index (Phi) is 5.54. The van der Waals surface area contributed by atoms with Gasteiger partial charge in [-0.2, -0.15) is 20.5 Å². The first-order valence-corrected chi connectivity index (χ1v) is 6.12. The van der Waals surface area contributed by atoms with Crippen LogP contribution in [0.4, 0.5) is 0 Å². The third kappa shape index (κ3) is 3.15. The summed E-state index contributed by atoms with van der Waals surface area (Å²) in [6.45, 7) is 4.17. The van der Waals surface area contributed by atoms with Crippen LogP contribution in [0.2, 0.25) is 0 Å². The number of rotatable bonds is 4. The molecule has 0 unspecified atom stereocenters. The second-order valence-electron chi connectivity index (χ2n) is 3.98. The van der Waals surface area contributed by atoms with Crippen LogP contribution in [0.1, 0.15) is 39.5 Å². The predicted molar refractivity (Wildman–Crippen MR) is 72.1 cm³/mol. The van der Waals surface area contributed by atoms with Crippen LogP contribution in [0.25, 0.3) is 0 Å². The maximum absolute atomic E-state index is 8.71. The summed E-state index contributed by atoms with van der Waals surface area (Å²) in [5.74, 6) is 0. The van der Waals surface area contributed by atoms with Gasteiger partial charge in [0.15, 0.2) is 0 Å². The molecule has 0 saturated carbocycles. The molecule has 4 nitrogen and oxygen atoms in total. The Morgan fingerprint density at radius 1 is 0.889 bits per heavy atom. The first kappa shape index (κ1) is 13.9. The van der Waals surface area contributed by atoms with Gasteiger partial charge >= 0.3 is 0 Å². The fourth-order valence-electron chi connectivity index (χ4n) is 2.04. The highest BCUT2D eigenvalue weighted by Crippen LogP contribution is 2.24. The smallest absolute Gasteiger partial charge is 0.173 e. The lowest BCUT2D eigenvalue weighted by atomic mass is 9.88. The van der Waals surface area contributed by atoms with Gasteiger partial charge in [-0.1, -0.05) is 26.7 Å². The van der Waals surface area contributed by atoms with Crippen LogP contribution in [0.5, 0.6) is 0 Å². The molecule has 0 aromatic carbocycles. The van der Waals surface area contributed by atoms with E-state index in [-0.39, 0.29) is 0 Å². The van der Waals surface area contributed by atoms with Crippen LogP contribution in [0, 0.1) is 22.9 Å². The number of allylic oxidation sites excluding steroid dienone is 4. The lowest BCUT2D eigenvalue weighted by Gasteiger charge is -2.18. The summed E-state index contributed by atoms with van der Waals surface area (Å²) in [4.78, 5) is 7.70. The molecule has 0 spiro atoms. The molecule has 0 saturated heterocycles. The Bertz CT molecular complexity index is 461. The van der Waals surface area contributed by atoms with Crippen molar-refractivity contribution in [1.82, 2.24) is 0 Å². The van der Waals surface area contributed by atoms with Crippen molar-refractivity contribution in [2.45, 2.75) is 39.5 Å². The van der Waals surface area contributed by atoms with E-state index in [1.807, 2.05) is 12.4 Å². The number of aliphatic imine (C=N–C) groups is 2. The quantitative estimate of drug-likeness (QED) is 0.558. The minimum Gasteiger partial charge on any atom is -0.173 e. The molecule has 0 aromatic rings. The van der Waals surface area contributed by atoms with Gasteiger partial charge in [0.1, 0.15) is 0 Å². The maximum atomic E-state index is 8.71. The van der Waals surface area contributed by atoms with Crippen molar-refractivity contribution in [1.29, 1.82) is 10.5 Å². The van der Waals surface area contributed by atoms with Gasteiger partial charge in [-0.15, -0.1) is 0 Å². The van der Waals surface area contributed by atoms with Crippen molar-refractivity contribution >= 4 is 11.4 Å². The molecule has 1 aliphatic rings. The molecule has 0 N–H and O–H groups in total. The first-order valence-electron chi connectivity index (χ1n) is 6.12. The predicted octanol–water partition coefficient (Wildman–Crippen LogP) is 3.30. The van der Waals surface area contributed by atoms with Crippen LogP contribution < -0.4 is 0 Å². The van der Waals surface area contributed by atoms with Crippen LogP contribution in [0.3, 0.4) is 0 Å². The van der Waals surface area contributed by atoms with E-state index >= 15 is 0 Å². The average Bonchev–Trinajstić information content (AvgIpc) is 2.37. The molecular weight excluding hydrogens is 224 g/mol. The maximum Gasteiger partial charge on any atom is 0.206 e. The van der Waals surface area contributed by atoms with Gasteiger partial charge in [0.2, 0.25) is 12.4 Å². The zero-order valence-corrected chi connectivity index (χ0v) is 10.8. The van der Waals surface area contributed by atoms with Gasteiger partial charge in [-0.25, -0.2) is 0 Å². The molecular formula is C14H16N4. The largest absolute Gasteiger partial charge is 0.206 e.